The molecular weight excluding hydrogens is 292 g/mol. The zero-order valence-corrected chi connectivity index (χ0v) is 13.8. The first-order valence-corrected chi connectivity index (χ1v) is 8.71. The molecular formula is C18H26N2O3. The molecule has 0 bridgehead atoms. The number of fused-ring (bicyclic) bond motifs is 1. The van der Waals surface area contributed by atoms with Crippen molar-refractivity contribution in [3.8, 4) is 0 Å². The Labute approximate surface area is 137 Å². The fourth-order valence-electron chi connectivity index (χ4n) is 4.42. The van der Waals surface area contributed by atoms with Crippen molar-refractivity contribution < 1.29 is 10.0 Å². The van der Waals surface area contributed by atoms with E-state index in [1.54, 1.807) is 12.1 Å². The van der Waals surface area contributed by atoms with Crippen molar-refractivity contribution in [2.24, 2.45) is 11.8 Å². The van der Waals surface area contributed by atoms with E-state index in [0.717, 1.165) is 25.2 Å². The summed E-state index contributed by atoms with van der Waals surface area (Å²) in [4.78, 5) is 13.1. The van der Waals surface area contributed by atoms with Crippen LogP contribution < -0.4 is 0 Å². The lowest BCUT2D eigenvalue weighted by molar-refractivity contribution is -0.385. The van der Waals surface area contributed by atoms with Gasteiger partial charge in [-0.2, -0.15) is 0 Å². The summed E-state index contributed by atoms with van der Waals surface area (Å²) in [6.07, 6.45) is 5.09. The molecule has 126 valence electrons. The topological polar surface area (TPSA) is 66.6 Å². The average Bonchev–Trinajstić information content (AvgIpc) is 2.95. The molecule has 0 aromatic heterocycles. The Morgan fingerprint density at radius 1 is 1.30 bits per heavy atom. The van der Waals surface area contributed by atoms with Crippen molar-refractivity contribution in [2.45, 2.75) is 38.0 Å². The largest absolute Gasteiger partial charge is 0.395 e. The minimum Gasteiger partial charge on any atom is -0.395 e. The van der Waals surface area contributed by atoms with E-state index in [2.05, 4.69) is 11.8 Å². The number of likely N-dealkylation sites (tertiary alicyclic amines) is 1. The van der Waals surface area contributed by atoms with E-state index in [1.807, 2.05) is 6.07 Å². The van der Waals surface area contributed by atoms with Crippen molar-refractivity contribution in [2.75, 3.05) is 26.2 Å². The molecule has 0 radical (unpaired) electrons. The number of nitro groups is 1. The monoisotopic (exact) mass is 318 g/mol. The lowest BCUT2D eigenvalue weighted by Gasteiger charge is -2.25. The maximum absolute atomic E-state index is 11.0. The van der Waals surface area contributed by atoms with Gasteiger partial charge in [-0.1, -0.05) is 38.3 Å². The maximum Gasteiger partial charge on any atom is 0.269 e. The molecule has 1 N–H and O–H groups in total. The normalized spacial score (nSPS) is 29.5. The second-order valence-corrected chi connectivity index (χ2v) is 7.04. The summed E-state index contributed by atoms with van der Waals surface area (Å²) >= 11 is 0. The highest BCUT2D eigenvalue weighted by atomic mass is 16.6. The standard InChI is InChI=1S/C18H26N2O3/c1-2-3-4-5-9-19-11-16-17(12-19)18(16,13-21)14-7-6-8-15(10-14)20(22)23/h6-8,10,16-17,21H,2-5,9,11-13H2,1H3. The minimum absolute atomic E-state index is 0.0905. The van der Waals surface area contributed by atoms with E-state index in [1.165, 1.54) is 31.7 Å². The van der Waals surface area contributed by atoms with Crippen molar-refractivity contribution in [3.63, 3.8) is 0 Å². The molecule has 3 rings (SSSR count). The molecule has 1 aromatic carbocycles. The minimum atomic E-state index is -0.354. The van der Waals surface area contributed by atoms with E-state index in [4.69, 9.17) is 0 Å². The van der Waals surface area contributed by atoms with E-state index >= 15 is 0 Å². The number of piperidine rings is 1. The van der Waals surface area contributed by atoms with Crippen LogP contribution in [-0.2, 0) is 5.41 Å². The Kier molecular flexibility index (Phi) is 4.69. The van der Waals surface area contributed by atoms with E-state index in [9.17, 15) is 15.2 Å². The predicted molar refractivity (Wildman–Crippen MR) is 89.4 cm³/mol. The Bertz CT molecular complexity index is 563. The Hall–Kier alpha value is -1.46. The SMILES string of the molecule is CCCCCCN1CC2C(C1)C2(CO)c1cccc([N+](=O)[O-])c1. The number of aliphatic hydroxyl groups is 1. The number of hydrogen-bond donors (Lipinski definition) is 1. The van der Waals surface area contributed by atoms with Crippen LogP contribution in [0.1, 0.15) is 38.2 Å². The molecule has 1 saturated carbocycles. The predicted octanol–water partition coefficient (Wildman–Crippen LogP) is 2.97. The third-order valence-corrected chi connectivity index (χ3v) is 5.79. The first-order chi connectivity index (χ1) is 11.1. The summed E-state index contributed by atoms with van der Waals surface area (Å²) in [5.74, 6) is 0.890. The van der Waals surface area contributed by atoms with Crippen molar-refractivity contribution in [1.82, 2.24) is 4.90 Å². The Morgan fingerprint density at radius 2 is 2.04 bits per heavy atom. The molecule has 1 aliphatic heterocycles. The summed E-state index contributed by atoms with van der Waals surface area (Å²) in [6.45, 7) is 5.48. The van der Waals surface area contributed by atoms with Crippen molar-refractivity contribution in [3.05, 3.63) is 39.9 Å². The van der Waals surface area contributed by atoms with Crippen LogP contribution in [-0.4, -0.2) is 41.2 Å². The van der Waals surface area contributed by atoms with E-state index in [0.29, 0.717) is 11.8 Å². The van der Waals surface area contributed by atoms with Gasteiger partial charge in [0.15, 0.2) is 0 Å². The van der Waals surface area contributed by atoms with Crippen molar-refractivity contribution >= 4 is 5.69 Å². The molecule has 1 heterocycles. The lowest BCUT2D eigenvalue weighted by atomic mass is 9.90. The molecule has 1 aliphatic carbocycles. The van der Waals surface area contributed by atoms with Gasteiger partial charge in [0.2, 0.25) is 0 Å². The summed E-state index contributed by atoms with van der Waals surface area (Å²) in [7, 11) is 0. The summed E-state index contributed by atoms with van der Waals surface area (Å²) in [6, 6.07) is 6.85. The average molecular weight is 318 g/mol. The quantitative estimate of drug-likeness (QED) is 0.454. The number of hydrogen-bond acceptors (Lipinski definition) is 4. The second kappa shape index (κ2) is 6.57. The highest BCUT2D eigenvalue weighted by Gasteiger charge is 2.68. The highest BCUT2D eigenvalue weighted by molar-refractivity contribution is 5.45. The number of non-ortho nitro benzene ring substituents is 1. The van der Waals surface area contributed by atoms with Gasteiger partial charge in [0.05, 0.1) is 11.5 Å². The van der Waals surface area contributed by atoms with Crippen molar-refractivity contribution in [1.29, 1.82) is 0 Å². The molecule has 2 atom stereocenters. The Morgan fingerprint density at radius 3 is 2.65 bits per heavy atom. The van der Waals surface area contributed by atoms with Gasteiger partial charge >= 0.3 is 0 Å². The molecule has 23 heavy (non-hydrogen) atoms. The van der Waals surface area contributed by atoms with Gasteiger partial charge in [-0.25, -0.2) is 0 Å². The summed E-state index contributed by atoms with van der Waals surface area (Å²) in [5.41, 5.74) is 0.818. The lowest BCUT2D eigenvalue weighted by Crippen LogP contribution is -2.33. The number of rotatable bonds is 8. The van der Waals surface area contributed by atoms with Crippen LogP contribution in [0.15, 0.2) is 24.3 Å². The Balaban J connectivity index is 1.63. The van der Waals surface area contributed by atoms with Crippen LogP contribution in [0.2, 0.25) is 0 Å². The number of nitro benzene ring substituents is 1. The van der Waals surface area contributed by atoms with E-state index < -0.39 is 0 Å². The third-order valence-electron chi connectivity index (χ3n) is 5.79. The second-order valence-electron chi connectivity index (χ2n) is 7.04. The number of unbranched alkanes of at least 4 members (excludes halogenated alkanes) is 3. The molecule has 5 nitrogen and oxygen atoms in total. The number of aliphatic hydroxyl groups excluding tert-OH is 1. The zero-order valence-electron chi connectivity index (χ0n) is 13.8. The maximum atomic E-state index is 11.0. The van der Waals surface area contributed by atoms with Crippen LogP contribution in [0.3, 0.4) is 0 Å². The molecule has 1 aromatic rings. The molecule has 2 fully saturated rings. The van der Waals surface area contributed by atoms with Crippen LogP contribution in [0, 0.1) is 22.0 Å². The fourth-order valence-corrected chi connectivity index (χ4v) is 4.42. The fraction of sp³-hybridized carbons (Fsp3) is 0.667. The first kappa shape index (κ1) is 16.4. The molecule has 0 amide bonds. The van der Waals surface area contributed by atoms with Gasteiger partial charge in [-0.15, -0.1) is 0 Å². The van der Waals surface area contributed by atoms with Gasteiger partial charge in [0, 0.05) is 30.6 Å². The van der Waals surface area contributed by atoms with Gasteiger partial charge in [-0.3, -0.25) is 10.1 Å². The molecule has 2 aliphatic rings. The van der Waals surface area contributed by atoms with Gasteiger partial charge in [0.1, 0.15) is 0 Å². The number of benzene rings is 1. The van der Waals surface area contributed by atoms with Crippen LogP contribution in [0.5, 0.6) is 0 Å². The van der Waals surface area contributed by atoms with Gasteiger partial charge in [-0.05, 0) is 30.4 Å². The van der Waals surface area contributed by atoms with Gasteiger partial charge < -0.3 is 10.0 Å². The van der Waals surface area contributed by atoms with Crippen LogP contribution >= 0.6 is 0 Å². The smallest absolute Gasteiger partial charge is 0.269 e. The third kappa shape index (κ3) is 2.88. The molecule has 1 saturated heterocycles. The van der Waals surface area contributed by atoms with E-state index in [-0.39, 0.29) is 22.6 Å². The van der Waals surface area contributed by atoms with Crippen LogP contribution in [0.25, 0.3) is 0 Å². The molecule has 5 heteroatoms. The zero-order chi connectivity index (χ0) is 16.4. The van der Waals surface area contributed by atoms with Crippen LogP contribution in [0.4, 0.5) is 5.69 Å². The molecule has 0 spiro atoms. The molecule has 2 unspecified atom stereocenters. The highest BCUT2D eigenvalue weighted by Crippen LogP contribution is 2.63. The summed E-state index contributed by atoms with van der Waals surface area (Å²) < 4.78 is 0. The number of nitrogens with zero attached hydrogens (tertiary/aromatic N) is 2. The first-order valence-electron chi connectivity index (χ1n) is 8.71. The summed E-state index contributed by atoms with van der Waals surface area (Å²) in [5, 5.41) is 21.0. The van der Waals surface area contributed by atoms with Gasteiger partial charge in [0.25, 0.3) is 5.69 Å².